The number of amides is 1. The summed E-state index contributed by atoms with van der Waals surface area (Å²) < 4.78 is 24.4. The van der Waals surface area contributed by atoms with Crippen molar-refractivity contribution >= 4 is 5.91 Å². The first-order valence-corrected chi connectivity index (χ1v) is 8.98. The van der Waals surface area contributed by atoms with Crippen molar-refractivity contribution in [3.05, 3.63) is 82.8 Å². The first-order valence-electron chi connectivity index (χ1n) is 8.98. The second-order valence-corrected chi connectivity index (χ2v) is 6.41. The molecule has 3 rings (SSSR count). The van der Waals surface area contributed by atoms with Crippen molar-refractivity contribution in [1.29, 1.82) is 0 Å². The summed E-state index contributed by atoms with van der Waals surface area (Å²) in [7, 11) is 1.57. The van der Waals surface area contributed by atoms with Crippen LogP contribution in [0.3, 0.4) is 0 Å². The minimum absolute atomic E-state index is 0.172. The van der Waals surface area contributed by atoms with Gasteiger partial charge in [-0.3, -0.25) is 4.79 Å². The smallest absolute Gasteiger partial charge is 0.249 e. The van der Waals surface area contributed by atoms with Crippen LogP contribution in [0, 0.1) is 12.7 Å². The van der Waals surface area contributed by atoms with E-state index in [0.717, 1.165) is 16.7 Å². The van der Waals surface area contributed by atoms with E-state index in [1.807, 2.05) is 37.3 Å². The van der Waals surface area contributed by atoms with E-state index in [4.69, 9.17) is 9.15 Å². The number of nitrogens with one attached hydrogen (secondary N) is 1. The molecule has 0 spiro atoms. The van der Waals surface area contributed by atoms with Gasteiger partial charge in [-0.15, -0.1) is 10.2 Å². The molecule has 1 amide bonds. The molecule has 2 aromatic carbocycles. The standard InChI is InChI=1S/C21H22FN3O3/c1-14-8-9-17(22)12-16(14)13-23-18(26)10-11-19-24-25-21(28-19)20(27-2)15-6-4-3-5-7-15/h3-9,12,20H,10-11,13H2,1-2H3,(H,23,26). The molecule has 0 radical (unpaired) electrons. The zero-order valence-electron chi connectivity index (χ0n) is 15.8. The van der Waals surface area contributed by atoms with Gasteiger partial charge < -0.3 is 14.5 Å². The van der Waals surface area contributed by atoms with Crippen molar-refractivity contribution in [1.82, 2.24) is 15.5 Å². The Hall–Kier alpha value is -3.06. The van der Waals surface area contributed by atoms with E-state index >= 15 is 0 Å². The highest BCUT2D eigenvalue weighted by molar-refractivity contribution is 5.76. The Bertz CT molecular complexity index is 928. The van der Waals surface area contributed by atoms with Crippen LogP contribution in [-0.4, -0.2) is 23.2 Å². The first kappa shape index (κ1) is 19.7. The number of hydrogen-bond donors (Lipinski definition) is 1. The molecular formula is C21H22FN3O3. The zero-order valence-corrected chi connectivity index (χ0v) is 15.8. The molecule has 0 fully saturated rings. The molecule has 7 heteroatoms. The lowest BCUT2D eigenvalue weighted by Crippen LogP contribution is -2.23. The maximum atomic E-state index is 13.3. The molecule has 28 heavy (non-hydrogen) atoms. The highest BCUT2D eigenvalue weighted by atomic mass is 19.1. The number of rotatable bonds is 8. The summed E-state index contributed by atoms with van der Waals surface area (Å²) in [6.07, 6.45) is 0.0535. The topological polar surface area (TPSA) is 77.2 Å². The molecule has 1 atom stereocenters. The van der Waals surface area contributed by atoms with E-state index in [1.165, 1.54) is 12.1 Å². The van der Waals surface area contributed by atoms with E-state index in [2.05, 4.69) is 15.5 Å². The SMILES string of the molecule is COC(c1ccccc1)c1nnc(CCC(=O)NCc2cc(F)ccc2C)o1. The van der Waals surface area contributed by atoms with Crippen LogP contribution in [0.1, 0.15) is 41.0 Å². The Morgan fingerprint density at radius 3 is 2.75 bits per heavy atom. The fraction of sp³-hybridized carbons (Fsp3) is 0.286. The second-order valence-electron chi connectivity index (χ2n) is 6.41. The maximum absolute atomic E-state index is 13.3. The Balaban J connectivity index is 1.54. The van der Waals surface area contributed by atoms with Gasteiger partial charge in [-0.1, -0.05) is 36.4 Å². The monoisotopic (exact) mass is 383 g/mol. The Labute approximate surface area is 162 Å². The number of nitrogens with zero attached hydrogens (tertiary/aromatic N) is 2. The van der Waals surface area contributed by atoms with Crippen molar-refractivity contribution in [3.8, 4) is 0 Å². The van der Waals surface area contributed by atoms with Gasteiger partial charge in [-0.25, -0.2) is 4.39 Å². The average molecular weight is 383 g/mol. The lowest BCUT2D eigenvalue weighted by molar-refractivity contribution is -0.121. The number of halogens is 1. The summed E-state index contributed by atoms with van der Waals surface area (Å²) in [5.74, 6) is 0.221. The molecule has 0 aliphatic heterocycles. The summed E-state index contributed by atoms with van der Waals surface area (Å²) in [5.41, 5.74) is 2.58. The third kappa shape index (κ3) is 5.01. The highest BCUT2D eigenvalue weighted by Gasteiger charge is 2.20. The molecule has 146 valence electrons. The zero-order chi connectivity index (χ0) is 19.9. The van der Waals surface area contributed by atoms with Crippen molar-refractivity contribution in [2.24, 2.45) is 0 Å². The predicted molar refractivity (Wildman–Crippen MR) is 101 cm³/mol. The van der Waals surface area contributed by atoms with Crippen LogP contribution in [0.4, 0.5) is 4.39 Å². The predicted octanol–water partition coefficient (Wildman–Crippen LogP) is 3.50. The number of carbonyl (C=O) groups is 1. The normalized spacial score (nSPS) is 12.0. The highest BCUT2D eigenvalue weighted by Crippen LogP contribution is 2.24. The van der Waals surface area contributed by atoms with Gasteiger partial charge in [0.25, 0.3) is 0 Å². The van der Waals surface area contributed by atoms with Gasteiger partial charge in [0.15, 0.2) is 6.10 Å². The summed E-state index contributed by atoms with van der Waals surface area (Å²) >= 11 is 0. The lowest BCUT2D eigenvalue weighted by atomic mass is 10.1. The van der Waals surface area contributed by atoms with Crippen LogP contribution in [0.5, 0.6) is 0 Å². The average Bonchev–Trinajstić information content (AvgIpc) is 3.17. The van der Waals surface area contributed by atoms with Crippen LogP contribution in [-0.2, 0) is 22.5 Å². The molecule has 0 saturated heterocycles. The molecular weight excluding hydrogens is 361 g/mol. The van der Waals surface area contributed by atoms with Crippen molar-refractivity contribution in [2.45, 2.75) is 32.4 Å². The number of benzene rings is 2. The van der Waals surface area contributed by atoms with E-state index < -0.39 is 6.10 Å². The molecule has 0 bridgehead atoms. The summed E-state index contributed by atoms with van der Waals surface area (Å²) in [6.45, 7) is 2.15. The summed E-state index contributed by atoms with van der Waals surface area (Å²) in [5, 5.41) is 10.8. The molecule has 3 aromatic rings. The molecule has 0 aliphatic carbocycles. The minimum atomic E-state index is -0.452. The number of aryl methyl sites for hydroxylation is 2. The molecule has 1 unspecified atom stereocenters. The second kappa shape index (κ2) is 9.23. The number of methoxy groups -OCH3 is 1. The van der Waals surface area contributed by atoms with Gasteiger partial charge >= 0.3 is 0 Å². The number of ether oxygens (including phenoxy) is 1. The van der Waals surface area contributed by atoms with Crippen molar-refractivity contribution in [2.75, 3.05) is 7.11 Å². The van der Waals surface area contributed by atoms with Crippen LogP contribution in [0.25, 0.3) is 0 Å². The molecule has 0 aliphatic rings. The van der Waals surface area contributed by atoms with Crippen LogP contribution >= 0.6 is 0 Å². The summed E-state index contributed by atoms with van der Waals surface area (Å²) in [4.78, 5) is 12.1. The minimum Gasteiger partial charge on any atom is -0.422 e. The Morgan fingerprint density at radius 2 is 2.00 bits per heavy atom. The fourth-order valence-electron chi connectivity index (χ4n) is 2.81. The van der Waals surface area contributed by atoms with Gasteiger partial charge in [0.05, 0.1) is 0 Å². The van der Waals surface area contributed by atoms with Gasteiger partial charge in [-0.2, -0.15) is 0 Å². The number of aromatic nitrogens is 2. The fourth-order valence-corrected chi connectivity index (χ4v) is 2.81. The van der Waals surface area contributed by atoms with E-state index in [9.17, 15) is 9.18 Å². The maximum Gasteiger partial charge on any atom is 0.249 e. The molecule has 1 aromatic heterocycles. The first-order chi connectivity index (χ1) is 13.6. The van der Waals surface area contributed by atoms with Gasteiger partial charge in [0.1, 0.15) is 5.82 Å². The quantitative estimate of drug-likeness (QED) is 0.644. The molecule has 1 N–H and O–H groups in total. The molecule has 6 nitrogen and oxygen atoms in total. The van der Waals surface area contributed by atoms with E-state index in [0.29, 0.717) is 18.2 Å². The Morgan fingerprint density at radius 1 is 1.21 bits per heavy atom. The largest absolute Gasteiger partial charge is 0.422 e. The third-order valence-electron chi connectivity index (χ3n) is 4.40. The van der Waals surface area contributed by atoms with Crippen LogP contribution < -0.4 is 5.32 Å². The lowest BCUT2D eigenvalue weighted by Gasteiger charge is -2.10. The van der Waals surface area contributed by atoms with Crippen LogP contribution in [0.2, 0.25) is 0 Å². The third-order valence-corrected chi connectivity index (χ3v) is 4.40. The van der Waals surface area contributed by atoms with Crippen molar-refractivity contribution < 1.29 is 18.3 Å². The van der Waals surface area contributed by atoms with E-state index in [-0.39, 0.29) is 24.7 Å². The van der Waals surface area contributed by atoms with Crippen LogP contribution in [0.15, 0.2) is 52.9 Å². The Kier molecular flexibility index (Phi) is 6.49. The summed E-state index contributed by atoms with van der Waals surface area (Å²) in [6, 6.07) is 14.1. The number of hydrogen-bond acceptors (Lipinski definition) is 5. The van der Waals surface area contributed by atoms with E-state index in [1.54, 1.807) is 13.2 Å². The molecule has 1 heterocycles. The van der Waals surface area contributed by atoms with Gasteiger partial charge in [0, 0.05) is 26.5 Å². The molecule has 0 saturated carbocycles. The van der Waals surface area contributed by atoms with Gasteiger partial charge in [0.2, 0.25) is 17.7 Å². The van der Waals surface area contributed by atoms with Crippen molar-refractivity contribution in [3.63, 3.8) is 0 Å². The number of carbonyl (C=O) groups excluding carboxylic acids is 1. The van der Waals surface area contributed by atoms with Gasteiger partial charge in [-0.05, 0) is 35.7 Å².